The number of aryl methyl sites for hydroxylation is 2. The van der Waals surface area contributed by atoms with Gasteiger partial charge in [0, 0.05) is 17.0 Å². The van der Waals surface area contributed by atoms with Crippen molar-refractivity contribution in [2.75, 3.05) is 5.43 Å². The third-order valence-corrected chi connectivity index (χ3v) is 4.03. The molecule has 0 aliphatic rings. The second kappa shape index (κ2) is 8.16. The summed E-state index contributed by atoms with van der Waals surface area (Å²) in [7, 11) is 0. The normalized spacial score (nSPS) is 12.2. The average Bonchev–Trinajstić information content (AvgIpc) is 2.58. The van der Waals surface area contributed by atoms with Crippen LogP contribution in [-0.2, 0) is 10.2 Å². The molecule has 0 bridgehead atoms. The Balaban J connectivity index is 1.92. The van der Waals surface area contributed by atoms with Crippen LogP contribution in [0.3, 0.4) is 0 Å². The molecule has 0 radical (unpaired) electrons. The van der Waals surface area contributed by atoms with Crippen LogP contribution < -0.4 is 16.2 Å². The Bertz CT molecular complexity index is 805. The van der Waals surface area contributed by atoms with Crippen LogP contribution in [0.15, 0.2) is 30.3 Å². The topological polar surface area (TPSA) is 96.0 Å². The van der Waals surface area contributed by atoms with Gasteiger partial charge >= 0.3 is 0 Å². The number of carbonyl (C=O) groups excluding carboxylic acids is 2. The largest absolute Gasteiger partial charge is 0.340 e. The highest BCUT2D eigenvalue weighted by atomic mass is 16.2. The lowest BCUT2D eigenvalue weighted by Gasteiger charge is -2.19. The summed E-state index contributed by atoms with van der Waals surface area (Å²) in [5.74, 6) is -0.393. The predicted octanol–water partition coefficient (Wildman–Crippen LogP) is 2.65. The number of rotatable bonds is 5. The predicted molar refractivity (Wildman–Crippen MR) is 105 cm³/mol. The summed E-state index contributed by atoms with van der Waals surface area (Å²) in [6.45, 7) is 11.6. The maximum atomic E-state index is 12.3. The average molecular weight is 369 g/mol. The lowest BCUT2D eigenvalue weighted by molar-refractivity contribution is -0.122. The van der Waals surface area contributed by atoms with E-state index in [1.165, 1.54) is 0 Å². The van der Waals surface area contributed by atoms with Crippen molar-refractivity contribution in [2.45, 2.75) is 53.0 Å². The second-order valence-corrected chi connectivity index (χ2v) is 7.61. The van der Waals surface area contributed by atoms with E-state index in [1.807, 2.05) is 32.0 Å². The number of hydrogen-bond acceptors (Lipinski definition) is 5. The molecular weight excluding hydrogens is 342 g/mol. The molecule has 0 aliphatic carbocycles. The molecule has 0 aliphatic heterocycles. The molecule has 0 unspecified atom stereocenters. The van der Waals surface area contributed by atoms with Crippen molar-refractivity contribution < 1.29 is 9.59 Å². The minimum atomic E-state index is -0.724. The highest BCUT2D eigenvalue weighted by Crippen LogP contribution is 2.22. The molecular formula is C20H27N5O2. The Morgan fingerprint density at radius 1 is 1.00 bits per heavy atom. The van der Waals surface area contributed by atoms with E-state index < -0.39 is 11.9 Å². The minimum Gasteiger partial charge on any atom is -0.340 e. The molecule has 27 heavy (non-hydrogen) atoms. The molecule has 144 valence electrons. The Morgan fingerprint density at radius 2 is 1.56 bits per heavy atom. The van der Waals surface area contributed by atoms with Crippen LogP contribution >= 0.6 is 0 Å². The summed E-state index contributed by atoms with van der Waals surface area (Å²) in [5, 5.41) is 2.68. The molecule has 1 aromatic carbocycles. The molecule has 0 saturated heterocycles. The monoisotopic (exact) mass is 369 g/mol. The number of amides is 2. The highest BCUT2D eigenvalue weighted by Gasteiger charge is 2.18. The van der Waals surface area contributed by atoms with Crippen LogP contribution in [-0.4, -0.2) is 27.8 Å². The summed E-state index contributed by atoms with van der Waals surface area (Å²) in [6, 6.07) is 8.50. The zero-order valence-electron chi connectivity index (χ0n) is 16.7. The zero-order valence-corrected chi connectivity index (χ0v) is 16.7. The molecule has 7 heteroatoms. The minimum absolute atomic E-state index is 0.0179. The Morgan fingerprint density at radius 3 is 2.07 bits per heavy atom. The van der Waals surface area contributed by atoms with E-state index in [2.05, 4.69) is 46.9 Å². The van der Waals surface area contributed by atoms with Gasteiger partial charge in [0.2, 0.25) is 5.95 Å². The molecule has 1 aromatic heterocycles. The summed E-state index contributed by atoms with van der Waals surface area (Å²) >= 11 is 0. The Kier molecular flexibility index (Phi) is 6.15. The van der Waals surface area contributed by atoms with Gasteiger partial charge in [-0.2, -0.15) is 0 Å². The van der Waals surface area contributed by atoms with Gasteiger partial charge in [0.1, 0.15) is 6.04 Å². The second-order valence-electron chi connectivity index (χ2n) is 7.61. The van der Waals surface area contributed by atoms with Crippen molar-refractivity contribution >= 4 is 17.8 Å². The number of aromatic nitrogens is 2. The number of benzene rings is 1. The van der Waals surface area contributed by atoms with Crippen LogP contribution in [0.4, 0.5) is 5.95 Å². The van der Waals surface area contributed by atoms with Gasteiger partial charge in [-0.1, -0.05) is 32.9 Å². The molecule has 1 atom stereocenters. The first-order chi connectivity index (χ1) is 12.6. The van der Waals surface area contributed by atoms with Crippen LogP contribution in [0.1, 0.15) is 55.0 Å². The molecule has 2 aromatic rings. The fraction of sp³-hybridized carbons (Fsp3) is 0.400. The summed E-state index contributed by atoms with van der Waals surface area (Å²) in [4.78, 5) is 32.9. The number of carbonyl (C=O) groups is 2. The molecule has 0 saturated carbocycles. The van der Waals surface area contributed by atoms with Gasteiger partial charge in [0.05, 0.1) is 0 Å². The molecule has 7 nitrogen and oxygen atoms in total. The van der Waals surface area contributed by atoms with E-state index in [4.69, 9.17) is 0 Å². The van der Waals surface area contributed by atoms with Crippen LogP contribution in [0, 0.1) is 13.8 Å². The van der Waals surface area contributed by atoms with Gasteiger partial charge < -0.3 is 5.32 Å². The molecule has 3 N–H and O–H groups in total. The van der Waals surface area contributed by atoms with Gasteiger partial charge in [-0.3, -0.25) is 20.4 Å². The van der Waals surface area contributed by atoms with E-state index in [0.29, 0.717) is 11.5 Å². The van der Waals surface area contributed by atoms with Crippen molar-refractivity contribution in [2.24, 2.45) is 0 Å². The van der Waals surface area contributed by atoms with Gasteiger partial charge in [-0.15, -0.1) is 0 Å². The lowest BCUT2D eigenvalue weighted by atomic mass is 9.86. The van der Waals surface area contributed by atoms with Gasteiger partial charge in [-0.25, -0.2) is 9.97 Å². The quantitative estimate of drug-likeness (QED) is 0.704. The number of nitrogens with one attached hydrogen (secondary N) is 3. The summed E-state index contributed by atoms with van der Waals surface area (Å²) in [5.41, 5.74) is 8.43. The van der Waals surface area contributed by atoms with Crippen molar-refractivity contribution in [3.63, 3.8) is 0 Å². The fourth-order valence-corrected chi connectivity index (χ4v) is 2.47. The highest BCUT2D eigenvalue weighted by molar-refractivity contribution is 5.97. The standard InChI is InChI=1S/C20H27N5O2/c1-12-11-13(2)22-19(21-12)25-24-17(26)14(3)23-18(27)15-7-9-16(10-8-15)20(4,5)6/h7-11,14H,1-6H3,(H,23,27)(H,24,26)(H,21,22,25)/t14-/m1/s1. The number of anilines is 1. The van der Waals surface area contributed by atoms with E-state index in [-0.39, 0.29) is 11.3 Å². The maximum Gasteiger partial charge on any atom is 0.260 e. The molecule has 0 fully saturated rings. The molecule has 2 amide bonds. The SMILES string of the molecule is Cc1cc(C)nc(NNC(=O)[C@@H](C)NC(=O)c2ccc(C(C)(C)C)cc2)n1. The first kappa shape index (κ1) is 20.4. The van der Waals surface area contributed by atoms with Gasteiger partial charge in [-0.05, 0) is 49.9 Å². The van der Waals surface area contributed by atoms with Crippen molar-refractivity contribution in [3.05, 3.63) is 52.8 Å². The number of nitrogens with zero attached hydrogens (tertiary/aromatic N) is 2. The Hall–Kier alpha value is -2.96. The molecule has 0 spiro atoms. The lowest BCUT2D eigenvalue weighted by Crippen LogP contribution is -2.46. The van der Waals surface area contributed by atoms with E-state index >= 15 is 0 Å². The smallest absolute Gasteiger partial charge is 0.260 e. The summed E-state index contributed by atoms with van der Waals surface area (Å²) in [6.07, 6.45) is 0. The van der Waals surface area contributed by atoms with Gasteiger partial charge in [0.15, 0.2) is 0 Å². The van der Waals surface area contributed by atoms with Crippen LogP contribution in [0.2, 0.25) is 0 Å². The maximum absolute atomic E-state index is 12.3. The van der Waals surface area contributed by atoms with E-state index in [0.717, 1.165) is 17.0 Å². The van der Waals surface area contributed by atoms with E-state index in [9.17, 15) is 9.59 Å². The Labute approximate surface area is 160 Å². The number of hydrogen-bond donors (Lipinski definition) is 3. The number of hydrazine groups is 1. The van der Waals surface area contributed by atoms with Crippen molar-refractivity contribution in [3.8, 4) is 0 Å². The first-order valence-electron chi connectivity index (χ1n) is 8.86. The van der Waals surface area contributed by atoms with E-state index in [1.54, 1.807) is 19.1 Å². The third kappa shape index (κ3) is 5.77. The fourth-order valence-electron chi connectivity index (χ4n) is 2.47. The molecule has 1 heterocycles. The van der Waals surface area contributed by atoms with Crippen LogP contribution in [0.25, 0.3) is 0 Å². The van der Waals surface area contributed by atoms with Gasteiger partial charge in [0.25, 0.3) is 11.8 Å². The zero-order chi connectivity index (χ0) is 20.2. The first-order valence-corrected chi connectivity index (χ1v) is 8.86. The molecule has 2 rings (SSSR count). The van der Waals surface area contributed by atoms with Crippen molar-refractivity contribution in [1.29, 1.82) is 0 Å². The van der Waals surface area contributed by atoms with Crippen molar-refractivity contribution in [1.82, 2.24) is 20.7 Å². The third-order valence-electron chi connectivity index (χ3n) is 4.03. The summed E-state index contributed by atoms with van der Waals surface area (Å²) < 4.78 is 0. The van der Waals surface area contributed by atoms with Crippen LogP contribution in [0.5, 0.6) is 0 Å².